The van der Waals surface area contributed by atoms with Crippen LogP contribution in [0.4, 0.5) is 0 Å². The fourth-order valence-corrected chi connectivity index (χ4v) is 0.981. The molecule has 0 saturated heterocycles. The molecule has 0 unspecified atom stereocenters. The highest BCUT2D eigenvalue weighted by molar-refractivity contribution is 5.72. The van der Waals surface area contributed by atoms with Crippen LogP contribution in [0.25, 0.3) is 11.0 Å². The SMILES string of the molecule is O=c1[nH]c(=O)c2[nH]ccc2[nH]1. The molecule has 0 saturated carbocycles. The van der Waals surface area contributed by atoms with Gasteiger partial charge in [0.25, 0.3) is 5.56 Å². The second-order valence-electron chi connectivity index (χ2n) is 2.17. The number of nitrogens with one attached hydrogen (secondary N) is 3. The van der Waals surface area contributed by atoms with Gasteiger partial charge in [-0.2, -0.15) is 0 Å². The predicted octanol–water partition coefficient (Wildman–Crippen LogP) is -0.456. The molecule has 0 atom stereocenters. The van der Waals surface area contributed by atoms with Crippen molar-refractivity contribution in [3.8, 4) is 0 Å². The van der Waals surface area contributed by atoms with E-state index in [0.29, 0.717) is 11.0 Å². The number of fused-ring (bicyclic) bond motifs is 1. The zero-order chi connectivity index (χ0) is 7.84. The van der Waals surface area contributed by atoms with Crippen LogP contribution in [0.2, 0.25) is 0 Å². The lowest BCUT2D eigenvalue weighted by molar-refractivity contribution is 1.08. The Morgan fingerprint density at radius 2 is 2.00 bits per heavy atom. The summed E-state index contributed by atoms with van der Waals surface area (Å²) in [5.41, 5.74) is 0.0409. The summed E-state index contributed by atoms with van der Waals surface area (Å²) in [5, 5.41) is 0. The monoisotopic (exact) mass is 151 g/mol. The molecule has 2 aromatic heterocycles. The van der Waals surface area contributed by atoms with Gasteiger partial charge in [-0.15, -0.1) is 0 Å². The maximum Gasteiger partial charge on any atom is 0.326 e. The third kappa shape index (κ3) is 0.778. The van der Waals surface area contributed by atoms with E-state index in [1.165, 1.54) is 0 Å². The van der Waals surface area contributed by atoms with Crippen molar-refractivity contribution in [2.24, 2.45) is 0 Å². The molecule has 11 heavy (non-hydrogen) atoms. The fraction of sp³-hybridized carbons (Fsp3) is 0. The molecule has 0 aliphatic heterocycles. The number of H-pyrrole nitrogens is 3. The Kier molecular flexibility index (Phi) is 1.00. The van der Waals surface area contributed by atoms with Gasteiger partial charge in [-0.1, -0.05) is 0 Å². The highest BCUT2D eigenvalue weighted by atomic mass is 16.2. The number of hydrogen-bond donors (Lipinski definition) is 3. The molecule has 3 N–H and O–H groups in total. The maximum atomic E-state index is 11.0. The van der Waals surface area contributed by atoms with Crippen LogP contribution in [-0.2, 0) is 0 Å². The average molecular weight is 151 g/mol. The van der Waals surface area contributed by atoms with Crippen LogP contribution in [0.1, 0.15) is 0 Å². The smallest absolute Gasteiger partial charge is 0.326 e. The van der Waals surface area contributed by atoms with Crippen molar-refractivity contribution in [3.05, 3.63) is 33.1 Å². The van der Waals surface area contributed by atoms with Gasteiger partial charge >= 0.3 is 5.69 Å². The van der Waals surface area contributed by atoms with Crippen molar-refractivity contribution in [1.82, 2.24) is 15.0 Å². The number of rotatable bonds is 0. The van der Waals surface area contributed by atoms with Gasteiger partial charge < -0.3 is 9.97 Å². The minimum atomic E-state index is -0.484. The Bertz CT molecular complexity index is 490. The molecule has 0 aliphatic carbocycles. The Hall–Kier alpha value is -1.78. The highest BCUT2D eigenvalue weighted by Gasteiger charge is 1.98. The summed E-state index contributed by atoms with van der Waals surface area (Å²) in [5.74, 6) is 0. The number of aromatic amines is 3. The van der Waals surface area contributed by atoms with E-state index in [9.17, 15) is 9.59 Å². The van der Waals surface area contributed by atoms with E-state index in [4.69, 9.17) is 0 Å². The standard InChI is InChI=1S/C6H5N3O2/c10-5-4-3(1-2-7-4)8-6(11)9-5/h1-2,7H,(H2,8,9,10,11). The van der Waals surface area contributed by atoms with Gasteiger partial charge in [0.15, 0.2) is 0 Å². The summed E-state index contributed by atoms with van der Waals surface area (Å²) in [4.78, 5) is 28.9. The quantitative estimate of drug-likeness (QED) is 0.476. The van der Waals surface area contributed by atoms with E-state index in [1.54, 1.807) is 12.3 Å². The first kappa shape index (κ1) is 5.96. The number of aromatic nitrogens is 3. The molecule has 0 bridgehead atoms. The highest BCUT2D eigenvalue weighted by Crippen LogP contribution is 1.97. The lowest BCUT2D eigenvalue weighted by Gasteiger charge is -1.85. The summed E-state index contributed by atoms with van der Waals surface area (Å²) in [6.45, 7) is 0. The van der Waals surface area contributed by atoms with E-state index in [0.717, 1.165) is 0 Å². The van der Waals surface area contributed by atoms with Crippen LogP contribution >= 0.6 is 0 Å². The van der Waals surface area contributed by atoms with Crippen LogP contribution in [0.5, 0.6) is 0 Å². The molecule has 0 aliphatic rings. The molecule has 0 fully saturated rings. The van der Waals surface area contributed by atoms with Crippen LogP contribution in [0.3, 0.4) is 0 Å². The molecule has 5 heteroatoms. The van der Waals surface area contributed by atoms with E-state index >= 15 is 0 Å². The summed E-state index contributed by atoms with van der Waals surface area (Å²) in [7, 11) is 0. The van der Waals surface area contributed by atoms with Crippen LogP contribution in [0.15, 0.2) is 21.9 Å². The molecule has 2 rings (SSSR count). The van der Waals surface area contributed by atoms with Gasteiger partial charge in [-0.25, -0.2) is 4.79 Å². The Labute approximate surface area is 60.1 Å². The molecular formula is C6H5N3O2. The Morgan fingerprint density at radius 3 is 2.82 bits per heavy atom. The topological polar surface area (TPSA) is 81.5 Å². The molecule has 0 spiro atoms. The fourth-order valence-electron chi connectivity index (χ4n) is 0.981. The molecule has 5 nitrogen and oxygen atoms in total. The predicted molar refractivity (Wildman–Crippen MR) is 39.5 cm³/mol. The van der Waals surface area contributed by atoms with Gasteiger partial charge in [0.2, 0.25) is 0 Å². The van der Waals surface area contributed by atoms with Crippen molar-refractivity contribution in [2.75, 3.05) is 0 Å². The van der Waals surface area contributed by atoms with Gasteiger partial charge in [-0.3, -0.25) is 9.78 Å². The Morgan fingerprint density at radius 1 is 1.18 bits per heavy atom. The first-order chi connectivity index (χ1) is 5.27. The van der Waals surface area contributed by atoms with Crippen molar-refractivity contribution >= 4 is 11.0 Å². The molecule has 0 radical (unpaired) electrons. The molecule has 56 valence electrons. The van der Waals surface area contributed by atoms with Gasteiger partial charge in [0.05, 0.1) is 5.52 Å². The van der Waals surface area contributed by atoms with E-state index in [-0.39, 0.29) is 0 Å². The molecule has 2 heterocycles. The van der Waals surface area contributed by atoms with Gasteiger partial charge in [0, 0.05) is 6.20 Å². The number of hydrogen-bond acceptors (Lipinski definition) is 2. The van der Waals surface area contributed by atoms with Gasteiger partial charge in [-0.05, 0) is 6.07 Å². The van der Waals surface area contributed by atoms with Crippen molar-refractivity contribution < 1.29 is 0 Å². The second-order valence-corrected chi connectivity index (χ2v) is 2.17. The minimum Gasteiger partial charge on any atom is -0.355 e. The lowest BCUT2D eigenvalue weighted by atomic mass is 10.5. The third-order valence-electron chi connectivity index (χ3n) is 1.45. The largest absolute Gasteiger partial charge is 0.355 e. The van der Waals surface area contributed by atoms with Crippen LogP contribution < -0.4 is 11.2 Å². The average Bonchev–Trinajstić information content (AvgIpc) is 2.34. The first-order valence-electron chi connectivity index (χ1n) is 3.07. The van der Waals surface area contributed by atoms with Gasteiger partial charge in [0.1, 0.15) is 5.52 Å². The maximum absolute atomic E-state index is 11.0. The summed E-state index contributed by atoms with van der Waals surface area (Å²) >= 11 is 0. The van der Waals surface area contributed by atoms with Crippen molar-refractivity contribution in [1.29, 1.82) is 0 Å². The molecular weight excluding hydrogens is 146 g/mol. The second kappa shape index (κ2) is 1.85. The third-order valence-corrected chi connectivity index (χ3v) is 1.45. The first-order valence-corrected chi connectivity index (χ1v) is 3.07. The van der Waals surface area contributed by atoms with E-state index in [1.807, 2.05) is 0 Å². The lowest BCUT2D eigenvalue weighted by Crippen LogP contribution is -2.21. The van der Waals surface area contributed by atoms with Crippen LogP contribution in [0, 0.1) is 0 Å². The van der Waals surface area contributed by atoms with Crippen molar-refractivity contribution in [2.45, 2.75) is 0 Å². The zero-order valence-corrected chi connectivity index (χ0v) is 5.47. The summed E-state index contributed by atoms with van der Waals surface area (Å²) < 4.78 is 0. The minimum absolute atomic E-state index is 0.393. The van der Waals surface area contributed by atoms with E-state index in [2.05, 4.69) is 15.0 Å². The summed E-state index contributed by atoms with van der Waals surface area (Å²) in [6, 6.07) is 1.63. The summed E-state index contributed by atoms with van der Waals surface area (Å²) in [6.07, 6.45) is 1.59. The molecule has 0 aromatic carbocycles. The zero-order valence-electron chi connectivity index (χ0n) is 5.47. The molecule has 0 amide bonds. The van der Waals surface area contributed by atoms with E-state index < -0.39 is 11.2 Å². The normalized spacial score (nSPS) is 10.5. The molecule has 2 aromatic rings. The Balaban J connectivity index is 3.15. The van der Waals surface area contributed by atoms with Crippen LogP contribution in [-0.4, -0.2) is 15.0 Å². The van der Waals surface area contributed by atoms with Crippen molar-refractivity contribution in [3.63, 3.8) is 0 Å².